The SMILES string of the molecule is CC(C)CNCCCS(=O)(=O)C1CCCC(C)C1. The Balaban J connectivity index is 2.26. The van der Waals surface area contributed by atoms with Crippen molar-refractivity contribution in [2.24, 2.45) is 11.8 Å². The van der Waals surface area contributed by atoms with Crippen LogP contribution in [0, 0.1) is 11.8 Å². The fourth-order valence-electron chi connectivity index (χ4n) is 2.66. The minimum absolute atomic E-state index is 0.0636. The number of hydrogen-bond donors (Lipinski definition) is 1. The number of nitrogens with one attached hydrogen (secondary N) is 1. The molecule has 3 nitrogen and oxygen atoms in total. The first-order valence-corrected chi connectivity index (χ1v) is 9.05. The Kier molecular flexibility index (Phi) is 6.64. The van der Waals surface area contributed by atoms with Gasteiger partial charge in [-0.25, -0.2) is 8.42 Å². The summed E-state index contributed by atoms with van der Waals surface area (Å²) in [7, 11) is -2.86. The second kappa shape index (κ2) is 7.49. The summed E-state index contributed by atoms with van der Waals surface area (Å²) < 4.78 is 24.4. The van der Waals surface area contributed by atoms with E-state index in [0.29, 0.717) is 17.6 Å². The number of sulfone groups is 1. The van der Waals surface area contributed by atoms with Crippen molar-refractivity contribution in [3.05, 3.63) is 0 Å². The Morgan fingerprint density at radius 2 is 2.00 bits per heavy atom. The molecule has 1 N–H and O–H groups in total. The van der Waals surface area contributed by atoms with Gasteiger partial charge in [-0.1, -0.05) is 33.6 Å². The lowest BCUT2D eigenvalue weighted by Gasteiger charge is -2.26. The summed E-state index contributed by atoms with van der Waals surface area (Å²) in [5.41, 5.74) is 0. The van der Waals surface area contributed by atoms with E-state index in [1.54, 1.807) is 0 Å². The summed E-state index contributed by atoms with van der Waals surface area (Å²) in [6.07, 6.45) is 4.78. The Bertz CT molecular complexity index is 325. The minimum atomic E-state index is -2.86. The van der Waals surface area contributed by atoms with E-state index < -0.39 is 9.84 Å². The van der Waals surface area contributed by atoms with Gasteiger partial charge < -0.3 is 5.32 Å². The molecule has 2 atom stereocenters. The average Bonchev–Trinajstić information content (AvgIpc) is 2.28. The van der Waals surface area contributed by atoms with Crippen molar-refractivity contribution in [1.82, 2.24) is 5.32 Å². The van der Waals surface area contributed by atoms with Gasteiger partial charge in [-0.15, -0.1) is 0 Å². The summed E-state index contributed by atoms with van der Waals surface area (Å²) in [6.45, 7) is 8.28. The summed E-state index contributed by atoms with van der Waals surface area (Å²) in [4.78, 5) is 0. The molecule has 0 aromatic rings. The molecule has 0 heterocycles. The second-order valence-electron chi connectivity index (χ2n) is 6.21. The molecule has 2 unspecified atom stereocenters. The van der Waals surface area contributed by atoms with E-state index in [1.165, 1.54) is 6.42 Å². The van der Waals surface area contributed by atoms with Crippen molar-refractivity contribution in [2.75, 3.05) is 18.8 Å². The lowest BCUT2D eigenvalue weighted by molar-refractivity contribution is 0.381. The van der Waals surface area contributed by atoms with Crippen LogP contribution in [0.1, 0.15) is 52.9 Å². The standard InChI is InChI=1S/C14H29NO2S/c1-12(2)11-15-8-5-9-18(16,17)14-7-4-6-13(3)10-14/h12-15H,4-11H2,1-3H3. The van der Waals surface area contributed by atoms with Crippen LogP contribution in [0.4, 0.5) is 0 Å². The third-order valence-corrected chi connectivity index (χ3v) is 6.03. The molecule has 0 spiro atoms. The van der Waals surface area contributed by atoms with Crippen molar-refractivity contribution >= 4 is 9.84 Å². The predicted molar refractivity (Wildman–Crippen MR) is 77.5 cm³/mol. The molecule has 0 aromatic carbocycles. The molecule has 1 rings (SSSR count). The average molecular weight is 275 g/mol. The molecule has 1 aliphatic carbocycles. The van der Waals surface area contributed by atoms with Crippen LogP contribution < -0.4 is 5.32 Å². The Morgan fingerprint density at radius 1 is 1.28 bits per heavy atom. The van der Waals surface area contributed by atoms with Crippen LogP contribution in [-0.2, 0) is 9.84 Å². The predicted octanol–water partition coefficient (Wildman–Crippen LogP) is 2.62. The smallest absolute Gasteiger partial charge is 0.153 e. The summed E-state index contributed by atoms with van der Waals surface area (Å²) in [5, 5.41) is 3.24. The summed E-state index contributed by atoms with van der Waals surface area (Å²) in [5.74, 6) is 1.56. The molecule has 0 saturated heterocycles. The molecule has 1 aliphatic rings. The molecule has 1 fully saturated rings. The highest BCUT2D eigenvalue weighted by atomic mass is 32.2. The third kappa shape index (κ3) is 5.70. The lowest BCUT2D eigenvalue weighted by atomic mass is 9.91. The normalized spacial score (nSPS) is 25.6. The van der Waals surface area contributed by atoms with Crippen LogP contribution >= 0.6 is 0 Å². The molecular weight excluding hydrogens is 246 g/mol. The molecule has 1 saturated carbocycles. The largest absolute Gasteiger partial charge is 0.316 e. The van der Waals surface area contributed by atoms with Gasteiger partial charge in [-0.2, -0.15) is 0 Å². The number of rotatable bonds is 7. The van der Waals surface area contributed by atoms with Gasteiger partial charge in [0.25, 0.3) is 0 Å². The third-order valence-electron chi connectivity index (χ3n) is 3.73. The van der Waals surface area contributed by atoms with Gasteiger partial charge in [0, 0.05) is 0 Å². The van der Waals surface area contributed by atoms with Crippen LogP contribution in [0.3, 0.4) is 0 Å². The number of hydrogen-bond acceptors (Lipinski definition) is 3. The van der Waals surface area contributed by atoms with E-state index >= 15 is 0 Å². The maximum Gasteiger partial charge on any atom is 0.153 e. The zero-order valence-electron chi connectivity index (χ0n) is 12.1. The molecule has 0 amide bonds. The van der Waals surface area contributed by atoms with Crippen molar-refractivity contribution in [2.45, 2.75) is 58.1 Å². The zero-order chi connectivity index (χ0) is 13.6. The van der Waals surface area contributed by atoms with Gasteiger partial charge in [0.2, 0.25) is 0 Å². The second-order valence-corrected chi connectivity index (χ2v) is 8.61. The van der Waals surface area contributed by atoms with E-state index in [9.17, 15) is 8.42 Å². The quantitative estimate of drug-likeness (QED) is 0.727. The first-order valence-electron chi connectivity index (χ1n) is 7.34. The minimum Gasteiger partial charge on any atom is -0.316 e. The molecule has 108 valence electrons. The van der Waals surface area contributed by atoms with Crippen LogP contribution in [0.5, 0.6) is 0 Å². The summed E-state index contributed by atoms with van der Waals surface area (Å²) >= 11 is 0. The Hall–Kier alpha value is -0.0900. The maximum atomic E-state index is 12.2. The van der Waals surface area contributed by atoms with Gasteiger partial charge in [0.1, 0.15) is 0 Å². The molecular formula is C14H29NO2S. The first-order chi connectivity index (χ1) is 8.42. The highest BCUT2D eigenvalue weighted by Gasteiger charge is 2.29. The zero-order valence-corrected chi connectivity index (χ0v) is 12.9. The molecule has 0 aliphatic heterocycles. The maximum absolute atomic E-state index is 12.2. The van der Waals surface area contributed by atoms with Gasteiger partial charge in [-0.05, 0) is 44.2 Å². The lowest BCUT2D eigenvalue weighted by Crippen LogP contribution is -2.31. The van der Waals surface area contributed by atoms with Crippen LogP contribution in [0.2, 0.25) is 0 Å². The van der Waals surface area contributed by atoms with Crippen LogP contribution in [0.15, 0.2) is 0 Å². The van der Waals surface area contributed by atoms with E-state index in [-0.39, 0.29) is 5.25 Å². The topological polar surface area (TPSA) is 46.2 Å². The van der Waals surface area contributed by atoms with Crippen molar-refractivity contribution < 1.29 is 8.42 Å². The highest BCUT2D eigenvalue weighted by Crippen LogP contribution is 2.28. The molecule has 18 heavy (non-hydrogen) atoms. The molecule has 0 aromatic heterocycles. The van der Waals surface area contributed by atoms with Gasteiger partial charge in [0.05, 0.1) is 11.0 Å². The van der Waals surface area contributed by atoms with Crippen molar-refractivity contribution in [3.63, 3.8) is 0 Å². The Morgan fingerprint density at radius 3 is 2.61 bits per heavy atom. The van der Waals surface area contributed by atoms with Crippen LogP contribution in [-0.4, -0.2) is 32.5 Å². The van der Waals surface area contributed by atoms with Gasteiger partial charge in [-0.3, -0.25) is 0 Å². The Labute approximate surface area is 113 Å². The van der Waals surface area contributed by atoms with Gasteiger partial charge in [0.15, 0.2) is 9.84 Å². The first kappa shape index (κ1) is 16.0. The van der Waals surface area contributed by atoms with Crippen molar-refractivity contribution in [1.29, 1.82) is 0 Å². The van der Waals surface area contributed by atoms with Crippen molar-refractivity contribution in [3.8, 4) is 0 Å². The van der Waals surface area contributed by atoms with E-state index in [0.717, 1.165) is 38.8 Å². The molecule has 0 radical (unpaired) electrons. The fourth-order valence-corrected chi connectivity index (χ4v) is 4.69. The molecule has 0 bridgehead atoms. The highest BCUT2D eigenvalue weighted by molar-refractivity contribution is 7.92. The summed E-state index contributed by atoms with van der Waals surface area (Å²) in [6, 6.07) is 0. The fraction of sp³-hybridized carbons (Fsp3) is 1.00. The van der Waals surface area contributed by atoms with Gasteiger partial charge >= 0.3 is 0 Å². The van der Waals surface area contributed by atoms with E-state index in [1.807, 2.05) is 0 Å². The monoisotopic (exact) mass is 275 g/mol. The van der Waals surface area contributed by atoms with Crippen LogP contribution in [0.25, 0.3) is 0 Å². The van der Waals surface area contributed by atoms with E-state index in [4.69, 9.17) is 0 Å². The van der Waals surface area contributed by atoms with E-state index in [2.05, 4.69) is 26.1 Å². The molecule has 4 heteroatoms.